The highest BCUT2D eigenvalue weighted by Gasteiger charge is 2.02. The van der Waals surface area contributed by atoms with Gasteiger partial charge in [-0.25, -0.2) is 4.99 Å². The quantitative estimate of drug-likeness (QED) is 0.436. The number of nitrogens with one attached hydrogen (secondary N) is 2. The summed E-state index contributed by atoms with van der Waals surface area (Å²) in [5.74, 6) is 1.71. The Labute approximate surface area is 148 Å². The molecule has 0 spiro atoms. The zero-order chi connectivity index (χ0) is 17.2. The summed E-state index contributed by atoms with van der Waals surface area (Å²) in [5, 5.41) is 7.34. The average molecular weight is 350 g/mol. The fraction of sp³-hybridized carbons (Fsp3) is 0.389. The third-order valence-corrected chi connectivity index (χ3v) is 3.91. The molecular formula is C18H24ClN3O2. The maximum atomic E-state index is 6.06. The number of nitrogens with zero attached hydrogens (tertiary/aromatic N) is 1. The summed E-state index contributed by atoms with van der Waals surface area (Å²) in [6.07, 6.45) is 2.49. The van der Waals surface area contributed by atoms with Crippen molar-refractivity contribution in [1.29, 1.82) is 0 Å². The van der Waals surface area contributed by atoms with Crippen molar-refractivity contribution in [2.45, 2.75) is 19.9 Å². The highest BCUT2D eigenvalue weighted by atomic mass is 35.5. The number of methoxy groups -OCH3 is 1. The Balaban J connectivity index is 1.91. The number of aliphatic imine (C=N–C) groups is 1. The van der Waals surface area contributed by atoms with Crippen LogP contribution in [-0.4, -0.2) is 32.8 Å². The van der Waals surface area contributed by atoms with E-state index in [0.717, 1.165) is 40.8 Å². The molecule has 0 atom stereocenters. The molecular weight excluding hydrogens is 326 g/mol. The van der Waals surface area contributed by atoms with Crippen LogP contribution in [0, 0.1) is 6.92 Å². The molecule has 1 aromatic heterocycles. The fourth-order valence-corrected chi connectivity index (χ4v) is 2.30. The van der Waals surface area contributed by atoms with Crippen molar-refractivity contribution in [3.05, 3.63) is 58.5 Å². The lowest BCUT2D eigenvalue weighted by atomic mass is 10.1. The molecule has 1 heterocycles. The molecule has 24 heavy (non-hydrogen) atoms. The second kappa shape index (κ2) is 10.0. The number of halogens is 1. The molecule has 0 bridgehead atoms. The van der Waals surface area contributed by atoms with Gasteiger partial charge < -0.3 is 19.8 Å². The van der Waals surface area contributed by atoms with E-state index in [9.17, 15) is 0 Å². The van der Waals surface area contributed by atoms with E-state index in [1.54, 1.807) is 13.4 Å². The van der Waals surface area contributed by atoms with Crippen LogP contribution in [0.1, 0.15) is 16.9 Å². The first kappa shape index (κ1) is 18.4. The number of guanidine groups is 1. The van der Waals surface area contributed by atoms with E-state index in [-0.39, 0.29) is 0 Å². The van der Waals surface area contributed by atoms with Crippen molar-refractivity contribution < 1.29 is 9.15 Å². The molecule has 2 N–H and O–H groups in total. The largest absolute Gasteiger partial charge is 0.469 e. The predicted molar refractivity (Wildman–Crippen MR) is 97.6 cm³/mol. The van der Waals surface area contributed by atoms with Gasteiger partial charge in [-0.05, 0) is 36.2 Å². The standard InChI is InChI=1S/C18H24ClN3O2/c1-14-12-15(5-6-17(14)19)13-22-18(21-9-11-23-2)20-8-7-16-4-3-10-24-16/h3-6,10,12H,7-9,11,13H2,1-2H3,(H2,20,21,22). The first-order valence-electron chi connectivity index (χ1n) is 7.97. The maximum absolute atomic E-state index is 6.06. The highest BCUT2D eigenvalue weighted by molar-refractivity contribution is 6.31. The smallest absolute Gasteiger partial charge is 0.191 e. The van der Waals surface area contributed by atoms with Gasteiger partial charge in [0, 0.05) is 31.6 Å². The lowest BCUT2D eigenvalue weighted by molar-refractivity contribution is 0.203. The second-order valence-electron chi connectivity index (χ2n) is 5.42. The number of hydrogen-bond donors (Lipinski definition) is 2. The lowest BCUT2D eigenvalue weighted by Crippen LogP contribution is -2.40. The normalized spacial score (nSPS) is 11.5. The van der Waals surface area contributed by atoms with Crippen LogP contribution in [0.2, 0.25) is 5.02 Å². The maximum Gasteiger partial charge on any atom is 0.191 e. The second-order valence-corrected chi connectivity index (χ2v) is 5.83. The van der Waals surface area contributed by atoms with Gasteiger partial charge in [-0.15, -0.1) is 0 Å². The van der Waals surface area contributed by atoms with Gasteiger partial charge in [0.05, 0.1) is 19.4 Å². The summed E-state index contributed by atoms with van der Waals surface area (Å²) in [6, 6.07) is 9.82. The Morgan fingerprint density at radius 2 is 2.08 bits per heavy atom. The molecule has 0 radical (unpaired) electrons. The molecule has 0 aliphatic heterocycles. The molecule has 0 amide bonds. The van der Waals surface area contributed by atoms with Gasteiger partial charge in [-0.3, -0.25) is 0 Å². The van der Waals surface area contributed by atoms with Gasteiger partial charge in [-0.2, -0.15) is 0 Å². The fourth-order valence-electron chi connectivity index (χ4n) is 2.18. The molecule has 0 unspecified atom stereocenters. The Morgan fingerprint density at radius 3 is 2.79 bits per heavy atom. The lowest BCUT2D eigenvalue weighted by Gasteiger charge is -2.12. The van der Waals surface area contributed by atoms with Crippen molar-refractivity contribution in [2.75, 3.05) is 26.8 Å². The average Bonchev–Trinajstić information content (AvgIpc) is 3.09. The van der Waals surface area contributed by atoms with E-state index in [0.29, 0.717) is 19.7 Å². The van der Waals surface area contributed by atoms with E-state index in [1.165, 1.54) is 0 Å². The molecule has 0 saturated carbocycles. The van der Waals surface area contributed by atoms with Crippen LogP contribution in [0.3, 0.4) is 0 Å². The minimum Gasteiger partial charge on any atom is -0.469 e. The summed E-state index contributed by atoms with van der Waals surface area (Å²) >= 11 is 6.06. The SMILES string of the molecule is COCCNC(=NCc1ccc(Cl)c(C)c1)NCCc1ccco1. The first-order chi connectivity index (χ1) is 11.7. The third-order valence-electron chi connectivity index (χ3n) is 3.48. The Morgan fingerprint density at radius 1 is 1.25 bits per heavy atom. The molecule has 6 heteroatoms. The molecule has 1 aromatic carbocycles. The summed E-state index contributed by atoms with van der Waals surface area (Å²) in [6.45, 7) is 4.64. The zero-order valence-corrected chi connectivity index (χ0v) is 14.9. The van der Waals surface area contributed by atoms with E-state index < -0.39 is 0 Å². The van der Waals surface area contributed by atoms with Gasteiger partial charge >= 0.3 is 0 Å². The monoisotopic (exact) mass is 349 g/mol. The van der Waals surface area contributed by atoms with Gasteiger partial charge in [-0.1, -0.05) is 23.7 Å². The van der Waals surface area contributed by atoms with Gasteiger partial charge in [0.2, 0.25) is 0 Å². The number of rotatable bonds is 8. The molecule has 2 rings (SSSR count). The van der Waals surface area contributed by atoms with Gasteiger partial charge in [0.15, 0.2) is 5.96 Å². The highest BCUT2D eigenvalue weighted by Crippen LogP contribution is 2.16. The Kier molecular flexibility index (Phi) is 7.65. The minimum atomic E-state index is 0.584. The van der Waals surface area contributed by atoms with E-state index in [1.807, 2.05) is 31.2 Å². The first-order valence-corrected chi connectivity index (χ1v) is 8.35. The van der Waals surface area contributed by atoms with Crippen LogP contribution in [-0.2, 0) is 17.7 Å². The van der Waals surface area contributed by atoms with Crippen LogP contribution in [0.25, 0.3) is 0 Å². The molecule has 5 nitrogen and oxygen atoms in total. The zero-order valence-electron chi connectivity index (χ0n) is 14.1. The summed E-state index contributed by atoms with van der Waals surface area (Å²) in [7, 11) is 1.68. The Bertz CT molecular complexity index is 642. The van der Waals surface area contributed by atoms with E-state index >= 15 is 0 Å². The molecule has 0 saturated heterocycles. The molecule has 0 aliphatic carbocycles. The predicted octanol–water partition coefficient (Wildman–Crippen LogP) is 3.17. The van der Waals surface area contributed by atoms with Crippen LogP contribution in [0.5, 0.6) is 0 Å². The number of furan rings is 1. The van der Waals surface area contributed by atoms with Gasteiger partial charge in [0.1, 0.15) is 5.76 Å². The van der Waals surface area contributed by atoms with Crippen LogP contribution >= 0.6 is 11.6 Å². The van der Waals surface area contributed by atoms with Crippen molar-refractivity contribution in [1.82, 2.24) is 10.6 Å². The summed E-state index contributed by atoms with van der Waals surface area (Å²) in [4.78, 5) is 4.62. The molecule has 0 aliphatic rings. The van der Waals surface area contributed by atoms with Crippen molar-refractivity contribution >= 4 is 17.6 Å². The van der Waals surface area contributed by atoms with Crippen molar-refractivity contribution in [3.63, 3.8) is 0 Å². The molecule has 0 fully saturated rings. The third kappa shape index (κ3) is 6.26. The van der Waals surface area contributed by atoms with Crippen LogP contribution in [0.4, 0.5) is 0 Å². The molecule has 130 valence electrons. The number of benzene rings is 1. The number of aryl methyl sites for hydroxylation is 1. The summed E-state index contributed by atoms with van der Waals surface area (Å²) in [5.41, 5.74) is 2.18. The topological polar surface area (TPSA) is 58.8 Å². The van der Waals surface area contributed by atoms with Crippen LogP contribution < -0.4 is 10.6 Å². The van der Waals surface area contributed by atoms with Crippen molar-refractivity contribution in [3.8, 4) is 0 Å². The Hall–Kier alpha value is -1.98. The molecule has 2 aromatic rings. The minimum absolute atomic E-state index is 0.584. The van der Waals surface area contributed by atoms with E-state index in [4.69, 9.17) is 20.8 Å². The van der Waals surface area contributed by atoms with Crippen molar-refractivity contribution in [2.24, 2.45) is 4.99 Å². The van der Waals surface area contributed by atoms with Crippen LogP contribution in [0.15, 0.2) is 46.0 Å². The van der Waals surface area contributed by atoms with Gasteiger partial charge in [0.25, 0.3) is 0 Å². The number of ether oxygens (including phenoxy) is 1. The van der Waals surface area contributed by atoms with E-state index in [2.05, 4.69) is 21.7 Å². The summed E-state index contributed by atoms with van der Waals surface area (Å²) < 4.78 is 10.4. The number of hydrogen-bond acceptors (Lipinski definition) is 3.